The van der Waals surface area contributed by atoms with Crippen LogP contribution >= 0.6 is 0 Å². The number of aryl methyl sites for hydroxylation is 1. The number of ketones is 1. The first-order chi connectivity index (χ1) is 10.1. The second-order valence-electron chi connectivity index (χ2n) is 6.09. The van der Waals surface area contributed by atoms with Crippen molar-refractivity contribution in [3.05, 3.63) is 35.4 Å². The Balaban J connectivity index is 1.82. The van der Waals surface area contributed by atoms with Crippen molar-refractivity contribution in [3.8, 4) is 0 Å². The molecule has 21 heavy (non-hydrogen) atoms. The van der Waals surface area contributed by atoms with E-state index in [-0.39, 0.29) is 11.7 Å². The van der Waals surface area contributed by atoms with E-state index in [9.17, 15) is 9.59 Å². The molecule has 1 aromatic rings. The Morgan fingerprint density at radius 3 is 2.29 bits per heavy atom. The van der Waals surface area contributed by atoms with Gasteiger partial charge in [-0.2, -0.15) is 0 Å². The average Bonchev–Trinajstić information content (AvgIpc) is 2.53. The molecule has 0 spiro atoms. The molecule has 1 aliphatic rings. The lowest BCUT2D eigenvalue weighted by Crippen LogP contribution is -2.38. The lowest BCUT2D eigenvalue weighted by Gasteiger charge is -2.31. The maximum absolute atomic E-state index is 12.2. The van der Waals surface area contributed by atoms with Crippen molar-refractivity contribution in [1.29, 1.82) is 0 Å². The number of carbonyl (C=O) groups is 2. The fourth-order valence-corrected chi connectivity index (χ4v) is 2.95. The van der Waals surface area contributed by atoms with Crippen molar-refractivity contribution >= 4 is 11.7 Å². The molecule has 0 heterocycles. The molecule has 0 aliphatic heterocycles. The van der Waals surface area contributed by atoms with Crippen molar-refractivity contribution in [2.75, 3.05) is 7.05 Å². The van der Waals surface area contributed by atoms with Gasteiger partial charge < -0.3 is 4.90 Å². The van der Waals surface area contributed by atoms with Crippen LogP contribution in [0.4, 0.5) is 0 Å². The highest BCUT2D eigenvalue weighted by Gasteiger charge is 2.22. The van der Waals surface area contributed by atoms with E-state index < -0.39 is 0 Å². The predicted octanol–water partition coefficient (Wildman–Crippen LogP) is 3.75. The van der Waals surface area contributed by atoms with Crippen LogP contribution in [0.1, 0.15) is 60.9 Å². The van der Waals surface area contributed by atoms with Gasteiger partial charge in [0.05, 0.1) is 0 Å². The van der Waals surface area contributed by atoms with Gasteiger partial charge in [0.1, 0.15) is 0 Å². The van der Waals surface area contributed by atoms with E-state index in [0.717, 1.165) is 18.4 Å². The summed E-state index contributed by atoms with van der Waals surface area (Å²) in [5.74, 6) is 0.155. The number of nitrogens with zero attached hydrogens (tertiary/aromatic N) is 1. The second-order valence-corrected chi connectivity index (χ2v) is 6.09. The van der Waals surface area contributed by atoms with E-state index in [4.69, 9.17) is 0 Å². The summed E-state index contributed by atoms with van der Waals surface area (Å²) in [6, 6.07) is 7.92. The van der Waals surface area contributed by atoms with Crippen molar-refractivity contribution in [2.24, 2.45) is 0 Å². The summed E-state index contributed by atoms with van der Waals surface area (Å²) in [7, 11) is 1.88. The normalized spacial score (nSPS) is 15.7. The number of Topliss-reactive ketones (excluding diaryl/α,β-unsaturated/α-hetero) is 1. The molecule has 2 rings (SSSR count). The van der Waals surface area contributed by atoms with Crippen molar-refractivity contribution in [2.45, 2.75) is 57.9 Å². The number of benzene rings is 1. The minimum atomic E-state index is 0.0559. The SMILES string of the molecule is Cc1ccc(C(=O)CCC(=O)N(C)C2CCCCC2)cc1. The van der Waals surface area contributed by atoms with E-state index in [2.05, 4.69) is 0 Å². The summed E-state index contributed by atoms with van der Waals surface area (Å²) in [6.07, 6.45) is 6.54. The van der Waals surface area contributed by atoms with E-state index in [1.165, 1.54) is 19.3 Å². The molecule has 114 valence electrons. The van der Waals surface area contributed by atoms with Crippen LogP contribution < -0.4 is 0 Å². The molecule has 0 aromatic heterocycles. The second kappa shape index (κ2) is 7.39. The van der Waals surface area contributed by atoms with Gasteiger partial charge in [-0.1, -0.05) is 49.1 Å². The number of hydrogen-bond acceptors (Lipinski definition) is 2. The monoisotopic (exact) mass is 287 g/mol. The summed E-state index contributed by atoms with van der Waals surface area (Å²) in [5.41, 5.74) is 1.84. The Morgan fingerprint density at radius 2 is 1.67 bits per heavy atom. The zero-order chi connectivity index (χ0) is 15.2. The summed E-state index contributed by atoms with van der Waals surface area (Å²) in [6.45, 7) is 2.00. The van der Waals surface area contributed by atoms with Crippen LogP contribution in [0.5, 0.6) is 0 Å². The highest BCUT2D eigenvalue weighted by atomic mass is 16.2. The average molecular weight is 287 g/mol. The van der Waals surface area contributed by atoms with Crippen LogP contribution in [0.2, 0.25) is 0 Å². The fraction of sp³-hybridized carbons (Fsp3) is 0.556. The van der Waals surface area contributed by atoms with Crippen molar-refractivity contribution in [1.82, 2.24) is 4.90 Å². The lowest BCUT2D eigenvalue weighted by molar-refractivity contribution is -0.132. The zero-order valence-corrected chi connectivity index (χ0v) is 13.1. The summed E-state index contributed by atoms with van der Waals surface area (Å²) in [4.78, 5) is 26.2. The molecule has 0 bridgehead atoms. The van der Waals surface area contributed by atoms with Gasteiger partial charge in [-0.3, -0.25) is 9.59 Å². The molecule has 0 radical (unpaired) electrons. The molecule has 1 aromatic carbocycles. The molecule has 0 unspecified atom stereocenters. The number of amides is 1. The van der Waals surface area contributed by atoms with Gasteiger partial charge in [-0.25, -0.2) is 0 Å². The van der Waals surface area contributed by atoms with E-state index >= 15 is 0 Å². The first kappa shape index (κ1) is 15.7. The molecule has 1 aliphatic carbocycles. The van der Waals surface area contributed by atoms with Gasteiger partial charge in [-0.05, 0) is 19.8 Å². The van der Waals surface area contributed by atoms with Crippen LogP contribution in [0.15, 0.2) is 24.3 Å². The molecule has 0 atom stereocenters. The summed E-state index contributed by atoms with van der Waals surface area (Å²) >= 11 is 0. The zero-order valence-electron chi connectivity index (χ0n) is 13.1. The van der Waals surface area contributed by atoms with Crippen LogP contribution in [0, 0.1) is 6.92 Å². The van der Waals surface area contributed by atoms with E-state index in [1.54, 1.807) is 0 Å². The Morgan fingerprint density at radius 1 is 1.05 bits per heavy atom. The maximum atomic E-state index is 12.2. The van der Waals surface area contributed by atoms with Gasteiger partial charge in [-0.15, -0.1) is 0 Å². The highest BCUT2D eigenvalue weighted by molar-refractivity contribution is 5.97. The third-order valence-electron chi connectivity index (χ3n) is 4.46. The molecule has 3 heteroatoms. The third-order valence-corrected chi connectivity index (χ3v) is 4.46. The number of carbonyl (C=O) groups excluding carboxylic acids is 2. The molecule has 1 amide bonds. The molecule has 3 nitrogen and oxygen atoms in total. The molecule has 0 saturated heterocycles. The molecular weight excluding hydrogens is 262 g/mol. The van der Waals surface area contributed by atoms with Gasteiger partial charge in [0.25, 0.3) is 0 Å². The standard InChI is InChI=1S/C18H25NO2/c1-14-8-10-15(11-9-14)17(20)12-13-18(21)19(2)16-6-4-3-5-7-16/h8-11,16H,3-7,12-13H2,1-2H3. The number of rotatable bonds is 5. The van der Waals surface area contributed by atoms with Gasteiger partial charge in [0.15, 0.2) is 5.78 Å². The Bertz CT molecular complexity index is 486. The van der Waals surface area contributed by atoms with Gasteiger partial charge in [0.2, 0.25) is 5.91 Å². The van der Waals surface area contributed by atoms with Crippen molar-refractivity contribution in [3.63, 3.8) is 0 Å². The Labute approximate surface area is 127 Å². The van der Waals surface area contributed by atoms with E-state index in [1.807, 2.05) is 43.1 Å². The highest BCUT2D eigenvalue weighted by Crippen LogP contribution is 2.22. The van der Waals surface area contributed by atoms with Crippen LogP contribution in [0.3, 0.4) is 0 Å². The summed E-state index contributed by atoms with van der Waals surface area (Å²) in [5, 5.41) is 0. The minimum absolute atomic E-state index is 0.0559. The topological polar surface area (TPSA) is 37.4 Å². The largest absolute Gasteiger partial charge is 0.343 e. The quantitative estimate of drug-likeness (QED) is 0.773. The first-order valence-corrected chi connectivity index (χ1v) is 7.93. The lowest BCUT2D eigenvalue weighted by atomic mass is 9.94. The fourth-order valence-electron chi connectivity index (χ4n) is 2.95. The molecule has 1 saturated carbocycles. The van der Waals surface area contributed by atoms with E-state index in [0.29, 0.717) is 24.4 Å². The minimum Gasteiger partial charge on any atom is -0.343 e. The molecular formula is C18H25NO2. The van der Waals surface area contributed by atoms with Crippen LogP contribution in [0.25, 0.3) is 0 Å². The first-order valence-electron chi connectivity index (χ1n) is 7.93. The van der Waals surface area contributed by atoms with Gasteiger partial charge in [0, 0.05) is 31.5 Å². The molecule has 1 fully saturated rings. The Hall–Kier alpha value is -1.64. The van der Waals surface area contributed by atoms with Gasteiger partial charge >= 0.3 is 0 Å². The predicted molar refractivity (Wildman–Crippen MR) is 84.4 cm³/mol. The summed E-state index contributed by atoms with van der Waals surface area (Å²) < 4.78 is 0. The number of hydrogen-bond donors (Lipinski definition) is 0. The smallest absolute Gasteiger partial charge is 0.223 e. The third kappa shape index (κ3) is 4.42. The van der Waals surface area contributed by atoms with Crippen molar-refractivity contribution < 1.29 is 9.59 Å². The Kier molecular flexibility index (Phi) is 5.54. The maximum Gasteiger partial charge on any atom is 0.223 e. The van der Waals surface area contributed by atoms with Crippen LogP contribution in [-0.2, 0) is 4.79 Å². The molecule has 0 N–H and O–H groups in total. The van der Waals surface area contributed by atoms with Crippen LogP contribution in [-0.4, -0.2) is 29.7 Å².